The van der Waals surface area contributed by atoms with Crippen molar-refractivity contribution >= 4 is 11.6 Å². The third kappa shape index (κ3) is 4.53. The van der Waals surface area contributed by atoms with Crippen molar-refractivity contribution in [3.8, 4) is 11.5 Å². The lowest BCUT2D eigenvalue weighted by atomic mass is 10.1. The van der Waals surface area contributed by atoms with Crippen molar-refractivity contribution in [1.29, 1.82) is 0 Å². The average molecular weight is 339 g/mol. The van der Waals surface area contributed by atoms with Gasteiger partial charge in [-0.1, -0.05) is 26.0 Å². The summed E-state index contributed by atoms with van der Waals surface area (Å²) in [6, 6.07) is 15.5. The Morgan fingerprint density at radius 2 is 1.72 bits per heavy atom. The second kappa shape index (κ2) is 7.60. The molecule has 0 heterocycles. The molecule has 1 fully saturated rings. The molecule has 0 saturated heterocycles. The molecule has 1 saturated carbocycles. The molecule has 0 bridgehead atoms. The van der Waals surface area contributed by atoms with E-state index in [1.54, 1.807) is 7.11 Å². The standard InChI is InChI=1S/C21H25NO3/c1-14(2)13-25-18-10-6-16(7-11-18)22-21(23)20-12-19(20)15-4-8-17(24-3)9-5-15/h4-11,14,19-20H,12-13H2,1-3H3,(H,22,23). The Kier molecular flexibility index (Phi) is 5.27. The van der Waals surface area contributed by atoms with E-state index < -0.39 is 0 Å². The molecule has 2 atom stereocenters. The largest absolute Gasteiger partial charge is 0.497 e. The molecule has 2 unspecified atom stereocenters. The van der Waals surface area contributed by atoms with Gasteiger partial charge in [0.15, 0.2) is 0 Å². The van der Waals surface area contributed by atoms with E-state index in [1.165, 1.54) is 5.56 Å². The molecular formula is C21H25NO3. The number of amides is 1. The zero-order valence-electron chi connectivity index (χ0n) is 15.0. The number of anilines is 1. The Labute approximate surface area is 149 Å². The summed E-state index contributed by atoms with van der Waals surface area (Å²) < 4.78 is 10.8. The maximum atomic E-state index is 12.4. The first-order chi connectivity index (χ1) is 12.1. The second-order valence-electron chi connectivity index (χ2n) is 6.94. The summed E-state index contributed by atoms with van der Waals surface area (Å²) in [5.41, 5.74) is 2.00. The number of methoxy groups -OCH3 is 1. The van der Waals surface area contributed by atoms with Crippen LogP contribution in [0.4, 0.5) is 5.69 Å². The third-order valence-electron chi connectivity index (χ3n) is 4.38. The third-order valence-corrected chi connectivity index (χ3v) is 4.38. The first-order valence-corrected chi connectivity index (χ1v) is 8.74. The summed E-state index contributed by atoms with van der Waals surface area (Å²) >= 11 is 0. The molecule has 2 aromatic carbocycles. The zero-order valence-corrected chi connectivity index (χ0v) is 15.0. The molecule has 2 aromatic rings. The predicted molar refractivity (Wildman–Crippen MR) is 99.2 cm³/mol. The average Bonchev–Trinajstić information content (AvgIpc) is 3.42. The lowest BCUT2D eigenvalue weighted by Gasteiger charge is -2.10. The fourth-order valence-corrected chi connectivity index (χ4v) is 2.84. The summed E-state index contributed by atoms with van der Waals surface area (Å²) in [5.74, 6) is 2.59. The smallest absolute Gasteiger partial charge is 0.228 e. The molecule has 1 N–H and O–H groups in total. The maximum Gasteiger partial charge on any atom is 0.228 e. The monoisotopic (exact) mass is 339 g/mol. The number of nitrogens with one attached hydrogen (secondary N) is 1. The molecule has 1 aliphatic carbocycles. The van der Waals surface area contributed by atoms with E-state index in [0.717, 1.165) is 23.6 Å². The minimum Gasteiger partial charge on any atom is -0.497 e. The van der Waals surface area contributed by atoms with Gasteiger partial charge in [-0.25, -0.2) is 0 Å². The number of benzene rings is 2. The normalized spacial score (nSPS) is 18.7. The molecule has 0 aliphatic heterocycles. The van der Waals surface area contributed by atoms with Crippen molar-refractivity contribution in [2.75, 3.05) is 19.0 Å². The van der Waals surface area contributed by atoms with Gasteiger partial charge in [0.2, 0.25) is 5.91 Å². The minimum absolute atomic E-state index is 0.0465. The highest BCUT2D eigenvalue weighted by Crippen LogP contribution is 2.48. The van der Waals surface area contributed by atoms with E-state index in [9.17, 15) is 4.79 Å². The van der Waals surface area contributed by atoms with Crippen molar-refractivity contribution in [3.05, 3.63) is 54.1 Å². The fraction of sp³-hybridized carbons (Fsp3) is 0.381. The van der Waals surface area contributed by atoms with Gasteiger partial charge in [-0.15, -0.1) is 0 Å². The second-order valence-corrected chi connectivity index (χ2v) is 6.94. The first kappa shape index (κ1) is 17.3. The Bertz CT molecular complexity index is 707. The summed E-state index contributed by atoms with van der Waals surface area (Å²) in [7, 11) is 1.65. The molecular weight excluding hydrogens is 314 g/mol. The molecule has 4 heteroatoms. The summed E-state index contributed by atoms with van der Waals surface area (Å²) in [6.07, 6.45) is 0.897. The number of hydrogen-bond donors (Lipinski definition) is 1. The van der Waals surface area contributed by atoms with Crippen LogP contribution in [-0.4, -0.2) is 19.6 Å². The van der Waals surface area contributed by atoms with Crippen LogP contribution in [0.25, 0.3) is 0 Å². The predicted octanol–water partition coefficient (Wildman–Crippen LogP) is 4.47. The van der Waals surface area contributed by atoms with Crippen molar-refractivity contribution in [2.24, 2.45) is 11.8 Å². The van der Waals surface area contributed by atoms with Crippen molar-refractivity contribution in [2.45, 2.75) is 26.2 Å². The lowest BCUT2D eigenvalue weighted by molar-refractivity contribution is -0.117. The van der Waals surface area contributed by atoms with Gasteiger partial charge in [-0.05, 0) is 60.2 Å². The van der Waals surface area contributed by atoms with Gasteiger partial charge in [-0.3, -0.25) is 4.79 Å². The zero-order chi connectivity index (χ0) is 17.8. The van der Waals surface area contributed by atoms with Crippen LogP contribution in [0.3, 0.4) is 0 Å². The van der Waals surface area contributed by atoms with Gasteiger partial charge in [0.25, 0.3) is 0 Å². The molecule has 0 aromatic heterocycles. The van der Waals surface area contributed by atoms with E-state index in [2.05, 4.69) is 19.2 Å². The van der Waals surface area contributed by atoms with Crippen molar-refractivity contribution in [3.63, 3.8) is 0 Å². The molecule has 1 aliphatic rings. The van der Waals surface area contributed by atoms with Gasteiger partial charge >= 0.3 is 0 Å². The van der Waals surface area contributed by atoms with E-state index in [0.29, 0.717) is 18.4 Å². The van der Waals surface area contributed by atoms with E-state index in [1.807, 2.05) is 48.5 Å². The molecule has 0 spiro atoms. The lowest BCUT2D eigenvalue weighted by Crippen LogP contribution is -2.14. The Balaban J connectivity index is 1.52. The van der Waals surface area contributed by atoms with Gasteiger partial charge < -0.3 is 14.8 Å². The van der Waals surface area contributed by atoms with Crippen molar-refractivity contribution in [1.82, 2.24) is 0 Å². The Morgan fingerprint density at radius 1 is 1.08 bits per heavy atom. The maximum absolute atomic E-state index is 12.4. The molecule has 0 radical (unpaired) electrons. The summed E-state index contributed by atoms with van der Waals surface area (Å²) in [6.45, 7) is 4.92. The molecule has 132 valence electrons. The first-order valence-electron chi connectivity index (χ1n) is 8.74. The van der Waals surface area contributed by atoms with Crippen LogP contribution in [-0.2, 0) is 4.79 Å². The molecule has 3 rings (SSSR count). The van der Waals surface area contributed by atoms with Gasteiger partial charge in [-0.2, -0.15) is 0 Å². The molecule has 4 nitrogen and oxygen atoms in total. The summed E-state index contributed by atoms with van der Waals surface area (Å²) in [5, 5.41) is 3.00. The van der Waals surface area contributed by atoms with Gasteiger partial charge in [0.1, 0.15) is 11.5 Å². The minimum atomic E-state index is 0.0465. The SMILES string of the molecule is COc1ccc(C2CC2C(=O)Nc2ccc(OCC(C)C)cc2)cc1. The molecule has 1 amide bonds. The Morgan fingerprint density at radius 3 is 2.32 bits per heavy atom. The van der Waals surface area contributed by atoms with Crippen LogP contribution >= 0.6 is 0 Å². The molecule has 25 heavy (non-hydrogen) atoms. The van der Waals surface area contributed by atoms with Crippen LogP contribution in [0.2, 0.25) is 0 Å². The highest BCUT2D eigenvalue weighted by molar-refractivity contribution is 5.95. The van der Waals surface area contributed by atoms with Crippen LogP contribution in [0, 0.1) is 11.8 Å². The van der Waals surface area contributed by atoms with Gasteiger partial charge in [0.05, 0.1) is 13.7 Å². The fourth-order valence-electron chi connectivity index (χ4n) is 2.84. The van der Waals surface area contributed by atoms with Crippen molar-refractivity contribution < 1.29 is 14.3 Å². The number of hydrogen-bond acceptors (Lipinski definition) is 3. The van der Waals surface area contributed by atoms with Crippen LogP contribution in [0.1, 0.15) is 31.7 Å². The highest BCUT2D eigenvalue weighted by Gasteiger charge is 2.43. The quantitative estimate of drug-likeness (QED) is 0.809. The number of carbonyl (C=O) groups excluding carboxylic acids is 1. The summed E-state index contributed by atoms with van der Waals surface area (Å²) in [4.78, 5) is 12.4. The van der Waals surface area contributed by atoms with Gasteiger partial charge in [0, 0.05) is 11.6 Å². The number of carbonyl (C=O) groups is 1. The number of ether oxygens (including phenoxy) is 2. The van der Waals surface area contributed by atoms with E-state index in [-0.39, 0.29) is 11.8 Å². The Hall–Kier alpha value is -2.49. The van der Waals surface area contributed by atoms with E-state index >= 15 is 0 Å². The highest BCUT2D eigenvalue weighted by atomic mass is 16.5. The van der Waals surface area contributed by atoms with E-state index in [4.69, 9.17) is 9.47 Å². The van der Waals surface area contributed by atoms with Crippen LogP contribution < -0.4 is 14.8 Å². The number of rotatable bonds is 7. The topological polar surface area (TPSA) is 47.6 Å². The van der Waals surface area contributed by atoms with Crippen LogP contribution in [0.15, 0.2) is 48.5 Å². The van der Waals surface area contributed by atoms with Crippen LogP contribution in [0.5, 0.6) is 11.5 Å².